The van der Waals surface area contributed by atoms with Crippen molar-refractivity contribution < 1.29 is 28.3 Å². The summed E-state index contributed by atoms with van der Waals surface area (Å²) < 4.78 is 24.6. The predicted molar refractivity (Wildman–Crippen MR) is 126 cm³/mol. The molecule has 0 fully saturated rings. The smallest absolute Gasteiger partial charge is 0.287 e. The molecule has 0 saturated heterocycles. The number of hydroxylamine groups is 1. The minimum Gasteiger partial charge on any atom is -0.492 e. The summed E-state index contributed by atoms with van der Waals surface area (Å²) in [6.07, 6.45) is 0. The molecule has 0 aliphatic rings. The minimum atomic E-state index is -0.613. The molecule has 7 nitrogen and oxygen atoms in total. The Kier molecular flexibility index (Phi) is 7.46. The molecule has 4 aromatic rings. The number of nitrogens with one attached hydrogen (secondary N) is 2. The molecule has 3 aromatic carbocycles. The van der Waals surface area contributed by atoms with Gasteiger partial charge in [-0.3, -0.25) is 14.8 Å². The van der Waals surface area contributed by atoms with Crippen molar-refractivity contribution in [2.45, 2.75) is 10.6 Å². The summed E-state index contributed by atoms with van der Waals surface area (Å²) in [4.78, 5) is 25.1. The normalized spacial score (nSPS) is 10.8. The van der Waals surface area contributed by atoms with E-state index in [0.717, 1.165) is 15.8 Å². The van der Waals surface area contributed by atoms with E-state index >= 15 is 0 Å². The summed E-state index contributed by atoms with van der Waals surface area (Å²) in [6, 6.07) is 19.8. The third-order valence-corrected chi connectivity index (χ3v) is 6.01. The van der Waals surface area contributed by atoms with Crippen molar-refractivity contribution in [2.24, 2.45) is 0 Å². The number of halogens is 1. The molecule has 0 spiro atoms. The Morgan fingerprint density at radius 1 is 0.971 bits per heavy atom. The van der Waals surface area contributed by atoms with Gasteiger partial charge >= 0.3 is 0 Å². The van der Waals surface area contributed by atoms with E-state index in [4.69, 9.17) is 14.4 Å². The number of amides is 2. The highest BCUT2D eigenvalue weighted by Gasteiger charge is 2.20. The fourth-order valence-electron chi connectivity index (χ4n) is 3.29. The van der Waals surface area contributed by atoms with Crippen LogP contribution in [-0.2, 0) is 5.75 Å². The molecule has 34 heavy (non-hydrogen) atoms. The maximum absolute atomic E-state index is 13.2. The molecular weight excluding hydrogens is 459 g/mol. The van der Waals surface area contributed by atoms with Crippen LogP contribution in [0.3, 0.4) is 0 Å². The Hall–Kier alpha value is -3.82. The zero-order valence-corrected chi connectivity index (χ0v) is 18.7. The number of hydrogen-bond donors (Lipinski definition) is 3. The van der Waals surface area contributed by atoms with E-state index in [1.807, 2.05) is 24.3 Å². The Balaban J connectivity index is 1.38. The van der Waals surface area contributed by atoms with Crippen LogP contribution in [0.25, 0.3) is 11.0 Å². The maximum atomic E-state index is 13.2. The number of furan rings is 1. The average Bonchev–Trinajstić information content (AvgIpc) is 3.25. The summed E-state index contributed by atoms with van der Waals surface area (Å²) in [5.41, 5.74) is 3.23. The van der Waals surface area contributed by atoms with Crippen molar-refractivity contribution in [3.8, 4) is 5.75 Å². The number of fused-ring (bicyclic) bond motifs is 1. The van der Waals surface area contributed by atoms with Gasteiger partial charge in [0.2, 0.25) is 0 Å². The van der Waals surface area contributed by atoms with Crippen molar-refractivity contribution in [3.63, 3.8) is 0 Å². The van der Waals surface area contributed by atoms with Gasteiger partial charge in [0.1, 0.15) is 23.8 Å². The summed E-state index contributed by atoms with van der Waals surface area (Å²) in [7, 11) is 0. The van der Waals surface area contributed by atoms with Gasteiger partial charge in [-0.1, -0.05) is 18.2 Å². The molecule has 0 atom stereocenters. The molecule has 9 heteroatoms. The van der Waals surface area contributed by atoms with Crippen LogP contribution in [-0.4, -0.2) is 30.2 Å². The standard InChI is InChI=1S/C25H21FN2O5S/c26-17-7-11-19(12-8-17)34-15-21-20-3-1-2-4-22(20)33-23(21)25(30)27-13-14-32-18-9-5-16(6-10-18)24(29)28-31/h1-12,31H,13-15H2,(H,27,30)(H,28,29). The molecule has 1 heterocycles. The van der Waals surface area contributed by atoms with Gasteiger partial charge in [0.15, 0.2) is 5.76 Å². The summed E-state index contributed by atoms with van der Waals surface area (Å²) in [5.74, 6) is -0.0380. The highest BCUT2D eigenvalue weighted by molar-refractivity contribution is 7.98. The number of para-hydroxylation sites is 1. The van der Waals surface area contributed by atoms with E-state index in [1.165, 1.54) is 36.0 Å². The van der Waals surface area contributed by atoms with Gasteiger partial charge in [0, 0.05) is 27.2 Å². The van der Waals surface area contributed by atoms with Crippen LogP contribution in [0.2, 0.25) is 0 Å². The molecule has 174 valence electrons. The van der Waals surface area contributed by atoms with E-state index in [1.54, 1.807) is 29.7 Å². The summed E-state index contributed by atoms with van der Waals surface area (Å²) >= 11 is 1.49. The van der Waals surface area contributed by atoms with Gasteiger partial charge in [0.25, 0.3) is 11.8 Å². The van der Waals surface area contributed by atoms with Crippen LogP contribution in [0.4, 0.5) is 4.39 Å². The molecule has 0 aliphatic heterocycles. The van der Waals surface area contributed by atoms with Crippen molar-refractivity contribution in [2.75, 3.05) is 13.2 Å². The highest BCUT2D eigenvalue weighted by Crippen LogP contribution is 2.32. The van der Waals surface area contributed by atoms with Crippen molar-refractivity contribution in [1.82, 2.24) is 10.8 Å². The zero-order chi connectivity index (χ0) is 23.9. The zero-order valence-electron chi connectivity index (χ0n) is 17.9. The first-order valence-corrected chi connectivity index (χ1v) is 11.4. The first-order valence-electron chi connectivity index (χ1n) is 10.4. The largest absolute Gasteiger partial charge is 0.492 e. The molecule has 3 N–H and O–H groups in total. The molecule has 0 aliphatic carbocycles. The molecule has 0 saturated carbocycles. The SMILES string of the molecule is O=C(NO)c1ccc(OCCNC(=O)c2oc3ccccc3c2CSc2ccc(F)cc2)cc1. The lowest BCUT2D eigenvalue weighted by Gasteiger charge is -2.08. The lowest BCUT2D eigenvalue weighted by molar-refractivity contribution is 0.0706. The Morgan fingerprint density at radius 3 is 2.44 bits per heavy atom. The third kappa shape index (κ3) is 5.56. The van der Waals surface area contributed by atoms with Crippen LogP contribution in [0.15, 0.2) is 82.1 Å². The summed E-state index contributed by atoms with van der Waals surface area (Å²) in [6.45, 7) is 0.441. The van der Waals surface area contributed by atoms with Crippen LogP contribution in [0, 0.1) is 5.82 Å². The molecule has 1 aromatic heterocycles. The van der Waals surface area contributed by atoms with Crippen molar-refractivity contribution >= 4 is 34.5 Å². The molecule has 0 bridgehead atoms. The number of thioether (sulfide) groups is 1. The lowest BCUT2D eigenvalue weighted by atomic mass is 10.1. The first kappa shape index (κ1) is 23.3. The van der Waals surface area contributed by atoms with Crippen LogP contribution in [0.1, 0.15) is 26.5 Å². The van der Waals surface area contributed by atoms with Crippen LogP contribution >= 0.6 is 11.8 Å². The van der Waals surface area contributed by atoms with E-state index in [0.29, 0.717) is 22.6 Å². The van der Waals surface area contributed by atoms with E-state index in [-0.39, 0.29) is 30.6 Å². The molecule has 0 radical (unpaired) electrons. The predicted octanol–water partition coefficient (Wildman–Crippen LogP) is 4.79. The van der Waals surface area contributed by atoms with E-state index < -0.39 is 5.91 Å². The van der Waals surface area contributed by atoms with Gasteiger partial charge in [-0.15, -0.1) is 11.8 Å². The number of benzene rings is 3. The Morgan fingerprint density at radius 2 is 1.71 bits per heavy atom. The van der Waals surface area contributed by atoms with Crippen molar-refractivity contribution in [3.05, 3.63) is 95.5 Å². The highest BCUT2D eigenvalue weighted by atomic mass is 32.2. The fourth-order valence-corrected chi connectivity index (χ4v) is 4.22. The quantitative estimate of drug-likeness (QED) is 0.138. The van der Waals surface area contributed by atoms with Crippen LogP contribution < -0.4 is 15.5 Å². The van der Waals surface area contributed by atoms with E-state index in [2.05, 4.69) is 5.32 Å². The average molecular weight is 481 g/mol. The van der Waals surface area contributed by atoms with E-state index in [9.17, 15) is 14.0 Å². The Labute approximate surface area is 198 Å². The number of rotatable bonds is 9. The maximum Gasteiger partial charge on any atom is 0.287 e. The van der Waals surface area contributed by atoms with Crippen LogP contribution in [0.5, 0.6) is 5.75 Å². The number of hydrogen-bond acceptors (Lipinski definition) is 6. The fraction of sp³-hybridized carbons (Fsp3) is 0.120. The first-order chi connectivity index (χ1) is 16.5. The molecule has 4 rings (SSSR count). The summed E-state index contributed by atoms with van der Waals surface area (Å²) in [5, 5.41) is 12.3. The minimum absolute atomic E-state index is 0.206. The second-order valence-electron chi connectivity index (χ2n) is 7.22. The van der Waals surface area contributed by atoms with Gasteiger partial charge < -0.3 is 14.5 Å². The number of ether oxygens (including phenoxy) is 1. The third-order valence-electron chi connectivity index (χ3n) is 4.98. The number of carbonyl (C=O) groups is 2. The van der Waals surface area contributed by atoms with Gasteiger partial charge in [-0.05, 0) is 54.6 Å². The second-order valence-corrected chi connectivity index (χ2v) is 8.27. The topological polar surface area (TPSA) is 101 Å². The number of carbonyl (C=O) groups excluding carboxylic acids is 2. The monoisotopic (exact) mass is 480 g/mol. The molecule has 0 unspecified atom stereocenters. The Bertz CT molecular complexity index is 1290. The second kappa shape index (κ2) is 10.9. The van der Waals surface area contributed by atoms with Gasteiger partial charge in [-0.25, -0.2) is 9.87 Å². The lowest BCUT2D eigenvalue weighted by Crippen LogP contribution is -2.28. The van der Waals surface area contributed by atoms with Gasteiger partial charge in [0.05, 0.1) is 6.54 Å². The van der Waals surface area contributed by atoms with Crippen molar-refractivity contribution in [1.29, 1.82) is 0 Å². The molecular formula is C25H21FN2O5S. The molecule has 2 amide bonds. The van der Waals surface area contributed by atoms with Gasteiger partial charge in [-0.2, -0.15) is 0 Å².